The summed E-state index contributed by atoms with van der Waals surface area (Å²) >= 11 is 0. The number of imide groups is 1. The second kappa shape index (κ2) is 8.09. The Morgan fingerprint density at radius 2 is 1.75 bits per heavy atom. The topological polar surface area (TPSA) is 123 Å². The van der Waals surface area contributed by atoms with Crippen molar-refractivity contribution in [3.05, 3.63) is 54.1 Å². The second-order valence-corrected chi connectivity index (χ2v) is 8.00. The minimum Gasteiger partial charge on any atom is -0.494 e. The Kier molecular flexibility index (Phi) is 5.78. The van der Waals surface area contributed by atoms with Crippen LogP contribution in [0.15, 0.2) is 53.4 Å². The minimum atomic E-state index is -3.74. The molecule has 28 heavy (non-hydrogen) atoms. The zero-order valence-corrected chi connectivity index (χ0v) is 16.2. The maximum atomic E-state index is 12.7. The molecule has 0 saturated carbocycles. The molecule has 0 aromatic heterocycles. The van der Waals surface area contributed by atoms with Crippen molar-refractivity contribution in [3.63, 3.8) is 0 Å². The molecule has 1 atom stereocenters. The van der Waals surface area contributed by atoms with Crippen molar-refractivity contribution in [2.75, 3.05) is 11.5 Å². The molecule has 2 aromatic carbocycles. The molecule has 9 heteroatoms. The summed E-state index contributed by atoms with van der Waals surface area (Å²) in [6.45, 7) is 2.85. The summed E-state index contributed by atoms with van der Waals surface area (Å²) in [5.41, 5.74) is 1.35. The van der Waals surface area contributed by atoms with Gasteiger partial charge < -0.3 is 10.1 Å². The Morgan fingerprint density at radius 1 is 1.11 bits per heavy atom. The number of quaternary nitrogens is 1. The first-order chi connectivity index (χ1) is 13.3. The molecular formula is C19H22N3O5S+. The third-order valence-corrected chi connectivity index (χ3v) is 5.41. The SMILES string of the molecule is CCOc1ccc(N2C(=O)C[C@H]([NH2+]Cc3ccc(S(N)(=O)=O)cc3)C2=O)cc1. The Bertz CT molecular complexity index is 972. The van der Waals surface area contributed by atoms with Gasteiger partial charge in [-0.2, -0.15) is 0 Å². The number of primary sulfonamides is 1. The molecule has 0 radical (unpaired) electrons. The Hall–Kier alpha value is -2.75. The number of rotatable bonds is 7. The van der Waals surface area contributed by atoms with Gasteiger partial charge >= 0.3 is 0 Å². The summed E-state index contributed by atoms with van der Waals surface area (Å²) in [7, 11) is -3.74. The van der Waals surface area contributed by atoms with Crippen LogP contribution in [-0.4, -0.2) is 32.9 Å². The standard InChI is InChI=1S/C19H21N3O5S/c1-2-27-15-7-5-14(6-8-15)22-18(23)11-17(19(22)24)21-12-13-3-9-16(10-4-13)28(20,25)26/h3-10,17,21H,2,11-12H2,1H3,(H2,20,25,26)/p+1/t17-/m0/s1. The van der Waals surface area contributed by atoms with E-state index in [0.717, 1.165) is 5.56 Å². The monoisotopic (exact) mass is 404 g/mol. The number of hydrogen-bond donors (Lipinski definition) is 2. The van der Waals surface area contributed by atoms with Gasteiger partial charge in [0, 0.05) is 5.56 Å². The summed E-state index contributed by atoms with van der Waals surface area (Å²) in [4.78, 5) is 26.3. The first-order valence-electron chi connectivity index (χ1n) is 8.84. The summed E-state index contributed by atoms with van der Waals surface area (Å²) in [6, 6.07) is 12.4. The van der Waals surface area contributed by atoms with Crippen LogP contribution in [0.3, 0.4) is 0 Å². The summed E-state index contributed by atoms with van der Waals surface area (Å²) in [5, 5.41) is 6.86. The average molecular weight is 404 g/mol. The van der Waals surface area contributed by atoms with Crippen molar-refractivity contribution in [2.45, 2.75) is 30.8 Å². The van der Waals surface area contributed by atoms with Crippen LogP contribution in [0.1, 0.15) is 18.9 Å². The second-order valence-electron chi connectivity index (χ2n) is 6.43. The number of nitrogens with zero attached hydrogens (tertiary/aromatic N) is 1. The van der Waals surface area contributed by atoms with Crippen molar-refractivity contribution < 1.29 is 28.1 Å². The molecule has 1 aliphatic heterocycles. The number of amides is 2. The smallest absolute Gasteiger partial charge is 0.292 e. The maximum Gasteiger partial charge on any atom is 0.292 e. The lowest BCUT2D eigenvalue weighted by atomic mass is 10.2. The number of sulfonamides is 1. The Balaban J connectivity index is 1.65. The maximum absolute atomic E-state index is 12.7. The van der Waals surface area contributed by atoms with Crippen molar-refractivity contribution in [1.82, 2.24) is 0 Å². The van der Waals surface area contributed by atoms with E-state index in [2.05, 4.69) is 0 Å². The molecule has 0 aliphatic carbocycles. The van der Waals surface area contributed by atoms with Gasteiger partial charge in [-0.1, -0.05) is 12.1 Å². The highest BCUT2D eigenvalue weighted by Crippen LogP contribution is 2.24. The minimum absolute atomic E-state index is 0.0324. The fourth-order valence-corrected chi connectivity index (χ4v) is 3.58. The molecule has 1 fully saturated rings. The van der Waals surface area contributed by atoms with Crippen LogP contribution in [0.25, 0.3) is 0 Å². The van der Waals surface area contributed by atoms with Gasteiger partial charge in [-0.15, -0.1) is 0 Å². The van der Waals surface area contributed by atoms with E-state index in [-0.39, 0.29) is 23.1 Å². The third-order valence-electron chi connectivity index (χ3n) is 4.48. The molecule has 1 saturated heterocycles. The van der Waals surface area contributed by atoms with Gasteiger partial charge in [0.05, 0.1) is 23.6 Å². The van der Waals surface area contributed by atoms with Crippen molar-refractivity contribution in [1.29, 1.82) is 0 Å². The lowest BCUT2D eigenvalue weighted by molar-refractivity contribution is -0.690. The van der Waals surface area contributed by atoms with E-state index in [4.69, 9.17) is 9.88 Å². The molecule has 4 N–H and O–H groups in total. The molecular weight excluding hydrogens is 382 g/mol. The number of ether oxygens (including phenoxy) is 1. The van der Waals surface area contributed by atoms with Crippen molar-refractivity contribution in [3.8, 4) is 5.75 Å². The molecule has 1 heterocycles. The fourth-order valence-electron chi connectivity index (χ4n) is 3.06. The number of benzene rings is 2. The zero-order chi connectivity index (χ0) is 20.3. The van der Waals surface area contributed by atoms with E-state index in [1.807, 2.05) is 6.92 Å². The fraction of sp³-hybridized carbons (Fsp3) is 0.263. The van der Waals surface area contributed by atoms with Crippen LogP contribution < -0.4 is 20.1 Å². The number of hydrogen-bond acceptors (Lipinski definition) is 5. The zero-order valence-electron chi connectivity index (χ0n) is 15.4. The van der Waals surface area contributed by atoms with E-state index < -0.39 is 16.1 Å². The first kappa shape index (κ1) is 20.0. The highest BCUT2D eigenvalue weighted by Gasteiger charge is 2.42. The summed E-state index contributed by atoms with van der Waals surface area (Å²) < 4.78 is 28.0. The van der Waals surface area contributed by atoms with Gasteiger partial charge in [0.15, 0.2) is 6.04 Å². The van der Waals surface area contributed by atoms with E-state index in [1.54, 1.807) is 41.7 Å². The predicted octanol–water partition coefficient (Wildman–Crippen LogP) is 0.128. The largest absolute Gasteiger partial charge is 0.494 e. The normalized spacial score (nSPS) is 17.2. The predicted molar refractivity (Wildman–Crippen MR) is 102 cm³/mol. The molecule has 1 aliphatic rings. The Morgan fingerprint density at radius 3 is 2.32 bits per heavy atom. The number of nitrogens with two attached hydrogens (primary N) is 2. The van der Waals surface area contributed by atoms with Crippen LogP contribution >= 0.6 is 0 Å². The lowest BCUT2D eigenvalue weighted by Gasteiger charge is -2.15. The van der Waals surface area contributed by atoms with Crippen LogP contribution in [0.5, 0.6) is 5.75 Å². The van der Waals surface area contributed by atoms with Crippen molar-refractivity contribution >= 4 is 27.5 Å². The highest BCUT2D eigenvalue weighted by atomic mass is 32.2. The molecule has 8 nitrogen and oxygen atoms in total. The first-order valence-corrected chi connectivity index (χ1v) is 10.4. The van der Waals surface area contributed by atoms with Crippen LogP contribution in [0.4, 0.5) is 5.69 Å². The third kappa shape index (κ3) is 4.38. The van der Waals surface area contributed by atoms with Crippen LogP contribution in [-0.2, 0) is 26.2 Å². The molecule has 148 valence electrons. The lowest BCUT2D eigenvalue weighted by Crippen LogP contribution is -2.90. The molecule has 0 bridgehead atoms. The van der Waals surface area contributed by atoms with Crippen molar-refractivity contribution in [2.24, 2.45) is 5.14 Å². The average Bonchev–Trinajstić information content (AvgIpc) is 2.94. The van der Waals surface area contributed by atoms with E-state index in [1.165, 1.54) is 17.0 Å². The van der Waals surface area contributed by atoms with Gasteiger partial charge in [-0.3, -0.25) is 9.59 Å². The van der Waals surface area contributed by atoms with Crippen LogP contribution in [0, 0.1) is 0 Å². The molecule has 0 spiro atoms. The quantitative estimate of drug-likeness (QED) is 0.635. The number of carbonyl (C=O) groups is 2. The summed E-state index contributed by atoms with van der Waals surface area (Å²) in [5.74, 6) is 0.159. The highest BCUT2D eigenvalue weighted by molar-refractivity contribution is 7.89. The van der Waals surface area contributed by atoms with E-state index >= 15 is 0 Å². The summed E-state index contributed by atoms with van der Waals surface area (Å²) in [6.07, 6.45) is 0.112. The molecule has 2 aromatic rings. The molecule has 2 amide bonds. The van der Waals surface area contributed by atoms with E-state index in [0.29, 0.717) is 24.6 Å². The molecule has 0 unspecified atom stereocenters. The van der Waals surface area contributed by atoms with Gasteiger partial charge in [0.25, 0.3) is 5.91 Å². The van der Waals surface area contributed by atoms with E-state index in [9.17, 15) is 18.0 Å². The Labute approximate surface area is 163 Å². The number of carbonyl (C=O) groups excluding carboxylic acids is 2. The van der Waals surface area contributed by atoms with Gasteiger partial charge in [0.2, 0.25) is 15.9 Å². The van der Waals surface area contributed by atoms with Gasteiger partial charge in [0.1, 0.15) is 12.3 Å². The van der Waals surface area contributed by atoms with Gasteiger partial charge in [-0.05, 0) is 43.3 Å². The number of anilines is 1. The molecule has 3 rings (SSSR count). The van der Waals surface area contributed by atoms with Crippen LogP contribution in [0.2, 0.25) is 0 Å². The van der Waals surface area contributed by atoms with Gasteiger partial charge in [-0.25, -0.2) is 18.5 Å².